The van der Waals surface area contributed by atoms with Gasteiger partial charge in [-0.05, 0) is 61.4 Å². The lowest BCUT2D eigenvalue weighted by molar-refractivity contribution is -0.140. The number of halogens is 6. The molecule has 7 nitrogen and oxygen atoms in total. The molecule has 0 spiro atoms. The van der Waals surface area contributed by atoms with Crippen LogP contribution in [0.5, 0.6) is 0 Å². The van der Waals surface area contributed by atoms with Crippen LogP contribution in [0.25, 0.3) is 0 Å². The quantitative estimate of drug-likeness (QED) is 0.149. The highest BCUT2D eigenvalue weighted by molar-refractivity contribution is 7.92. The lowest BCUT2D eigenvalue weighted by Crippen LogP contribution is -2.53. The molecule has 0 fully saturated rings. The van der Waals surface area contributed by atoms with E-state index < -0.39 is 56.9 Å². The first-order valence-electron chi connectivity index (χ1n) is 15.1. The Hall–Kier alpha value is -3.77. The summed E-state index contributed by atoms with van der Waals surface area (Å²) in [6.45, 7) is 2.58. The number of aryl methyl sites for hydroxylation is 1. The van der Waals surface area contributed by atoms with Gasteiger partial charge in [-0.25, -0.2) is 8.42 Å². The number of carbonyl (C=O) groups excluding carboxylic acids is 2. The zero-order chi connectivity index (χ0) is 35.9. The highest BCUT2D eigenvalue weighted by Crippen LogP contribution is 2.38. The maximum atomic E-state index is 14.6. The average molecular weight is 755 g/mol. The Kier molecular flexibility index (Phi) is 12.6. The summed E-state index contributed by atoms with van der Waals surface area (Å²) in [6.07, 6.45) is -4.32. The number of nitrogens with one attached hydrogen (secondary N) is 1. The molecule has 0 heterocycles. The highest BCUT2D eigenvalue weighted by atomic mass is 35.5. The summed E-state index contributed by atoms with van der Waals surface area (Å²) in [6, 6.07) is 20.6. The van der Waals surface area contributed by atoms with E-state index in [4.69, 9.17) is 34.8 Å². The third kappa shape index (κ3) is 9.48. The molecule has 4 aromatic carbocycles. The predicted molar refractivity (Wildman–Crippen MR) is 186 cm³/mol. The number of amides is 2. The SMILES string of the molecule is CCCNC(=O)[C@H](Cc1ccccc1)N(Cc1c(Cl)cccc1Cl)C(=O)CN(c1ccc(Cl)c(C(F)(F)F)c1)S(=O)(=O)c1ccc(C)cc1. The Morgan fingerprint density at radius 1 is 0.857 bits per heavy atom. The van der Waals surface area contributed by atoms with Gasteiger partial charge in [0.25, 0.3) is 10.0 Å². The van der Waals surface area contributed by atoms with Crippen LogP contribution in [0.1, 0.15) is 35.6 Å². The lowest BCUT2D eigenvalue weighted by Gasteiger charge is -2.34. The molecule has 0 aliphatic rings. The van der Waals surface area contributed by atoms with E-state index in [1.807, 2.05) is 6.92 Å². The molecule has 14 heteroatoms. The number of carbonyl (C=O) groups is 2. The second-order valence-corrected chi connectivity index (χ2v) is 14.3. The lowest BCUT2D eigenvalue weighted by atomic mass is 10.0. The second-order valence-electron chi connectivity index (χ2n) is 11.2. The third-order valence-corrected chi connectivity index (χ3v) is 10.5. The van der Waals surface area contributed by atoms with Crippen molar-refractivity contribution in [3.63, 3.8) is 0 Å². The Morgan fingerprint density at radius 2 is 1.49 bits per heavy atom. The van der Waals surface area contributed by atoms with Gasteiger partial charge in [0.15, 0.2) is 0 Å². The Labute approximate surface area is 298 Å². The number of anilines is 1. The molecule has 49 heavy (non-hydrogen) atoms. The van der Waals surface area contributed by atoms with Crippen LogP contribution in [-0.4, -0.2) is 44.3 Å². The van der Waals surface area contributed by atoms with Gasteiger partial charge in [0.2, 0.25) is 11.8 Å². The van der Waals surface area contributed by atoms with Crippen molar-refractivity contribution in [2.24, 2.45) is 0 Å². The molecular formula is C35H33Cl3F3N3O4S. The van der Waals surface area contributed by atoms with Gasteiger partial charge in [0.05, 0.1) is 21.2 Å². The van der Waals surface area contributed by atoms with Crippen LogP contribution in [0.15, 0.2) is 95.9 Å². The monoisotopic (exact) mass is 753 g/mol. The van der Waals surface area contributed by atoms with Crippen LogP contribution in [-0.2, 0) is 38.8 Å². The van der Waals surface area contributed by atoms with Gasteiger partial charge >= 0.3 is 6.18 Å². The molecule has 4 aromatic rings. The first-order valence-corrected chi connectivity index (χ1v) is 17.7. The summed E-state index contributed by atoms with van der Waals surface area (Å²) in [5.41, 5.74) is -0.0319. The van der Waals surface area contributed by atoms with Crippen molar-refractivity contribution in [1.29, 1.82) is 0 Å². The van der Waals surface area contributed by atoms with E-state index in [0.29, 0.717) is 27.9 Å². The third-order valence-electron chi connectivity index (χ3n) is 7.64. The van der Waals surface area contributed by atoms with Gasteiger partial charge in [0.1, 0.15) is 12.6 Å². The van der Waals surface area contributed by atoms with Gasteiger partial charge in [-0.3, -0.25) is 13.9 Å². The van der Waals surface area contributed by atoms with E-state index in [0.717, 1.165) is 22.6 Å². The standard InChI is InChI=1S/C35H33Cl3F3N3O4S/c1-3-18-42-34(46)32(19-24-8-5-4-6-9-24)43(21-27-29(36)10-7-11-30(27)37)33(45)22-44(49(47,48)26-15-12-23(2)13-16-26)25-14-17-31(38)28(20-25)35(39,40)41/h4-17,20,32H,3,18-19,21-22H2,1-2H3,(H,42,46)/t32-/m0/s1. The Balaban J connectivity index is 1.89. The van der Waals surface area contributed by atoms with Crippen LogP contribution < -0.4 is 9.62 Å². The van der Waals surface area contributed by atoms with E-state index in [1.165, 1.54) is 24.3 Å². The van der Waals surface area contributed by atoms with E-state index in [9.17, 15) is 31.2 Å². The van der Waals surface area contributed by atoms with Crippen molar-refractivity contribution in [3.8, 4) is 0 Å². The molecule has 0 bridgehead atoms. The molecule has 4 rings (SSSR count). The molecule has 0 saturated heterocycles. The first-order chi connectivity index (χ1) is 23.1. The summed E-state index contributed by atoms with van der Waals surface area (Å²) < 4.78 is 70.8. The van der Waals surface area contributed by atoms with Gasteiger partial charge in [-0.15, -0.1) is 0 Å². The number of sulfonamides is 1. The molecule has 1 N–H and O–H groups in total. The van der Waals surface area contributed by atoms with Crippen LogP contribution in [0.3, 0.4) is 0 Å². The van der Waals surface area contributed by atoms with Crippen LogP contribution >= 0.6 is 34.8 Å². The van der Waals surface area contributed by atoms with E-state index in [1.54, 1.807) is 55.5 Å². The molecular weight excluding hydrogens is 722 g/mol. The molecule has 260 valence electrons. The summed E-state index contributed by atoms with van der Waals surface area (Å²) in [4.78, 5) is 29.2. The fourth-order valence-corrected chi connectivity index (χ4v) is 7.17. The van der Waals surface area contributed by atoms with Gasteiger partial charge in [-0.2, -0.15) is 13.2 Å². The Morgan fingerprint density at radius 3 is 2.08 bits per heavy atom. The van der Waals surface area contributed by atoms with Gasteiger partial charge < -0.3 is 10.2 Å². The minimum Gasteiger partial charge on any atom is -0.354 e. The van der Waals surface area contributed by atoms with Crippen molar-refractivity contribution >= 4 is 62.3 Å². The first kappa shape index (κ1) is 38.0. The fourth-order valence-electron chi connectivity index (χ4n) is 5.03. The fraction of sp³-hybridized carbons (Fsp3) is 0.257. The van der Waals surface area contributed by atoms with Gasteiger partial charge in [0, 0.05) is 35.1 Å². The summed E-state index contributed by atoms with van der Waals surface area (Å²) in [5, 5.41) is 2.54. The maximum Gasteiger partial charge on any atom is 0.417 e. The summed E-state index contributed by atoms with van der Waals surface area (Å²) in [5.74, 6) is -1.43. The molecule has 0 aliphatic heterocycles. The predicted octanol–water partition coefficient (Wildman–Crippen LogP) is 8.34. The van der Waals surface area contributed by atoms with Crippen molar-refractivity contribution in [2.45, 2.75) is 50.3 Å². The molecule has 0 saturated carbocycles. The number of rotatable bonds is 13. The average Bonchev–Trinajstić information content (AvgIpc) is 3.05. The molecule has 1 atom stereocenters. The topological polar surface area (TPSA) is 86.8 Å². The minimum atomic E-state index is -4.93. The number of hydrogen-bond donors (Lipinski definition) is 1. The summed E-state index contributed by atoms with van der Waals surface area (Å²) in [7, 11) is -4.66. The highest BCUT2D eigenvalue weighted by Gasteiger charge is 2.38. The number of alkyl halides is 3. The largest absolute Gasteiger partial charge is 0.417 e. The Bertz CT molecular complexity index is 1870. The zero-order valence-corrected chi connectivity index (χ0v) is 29.6. The second kappa shape index (κ2) is 16.3. The molecule has 0 radical (unpaired) electrons. The normalized spacial score (nSPS) is 12.3. The zero-order valence-electron chi connectivity index (χ0n) is 26.5. The number of benzene rings is 4. The maximum absolute atomic E-state index is 14.6. The minimum absolute atomic E-state index is 0.0219. The van der Waals surface area contributed by atoms with Crippen molar-refractivity contribution in [1.82, 2.24) is 10.2 Å². The smallest absolute Gasteiger partial charge is 0.354 e. The van der Waals surface area contributed by atoms with E-state index >= 15 is 0 Å². The van der Waals surface area contributed by atoms with Crippen molar-refractivity contribution < 1.29 is 31.2 Å². The van der Waals surface area contributed by atoms with Crippen LogP contribution in [0.2, 0.25) is 15.1 Å². The molecule has 2 amide bonds. The molecule has 0 unspecified atom stereocenters. The van der Waals surface area contributed by atoms with Crippen molar-refractivity contribution in [2.75, 3.05) is 17.4 Å². The van der Waals surface area contributed by atoms with E-state index in [2.05, 4.69) is 5.32 Å². The van der Waals surface area contributed by atoms with Crippen LogP contribution in [0, 0.1) is 6.92 Å². The summed E-state index contributed by atoms with van der Waals surface area (Å²) >= 11 is 18.9. The van der Waals surface area contributed by atoms with Crippen LogP contribution in [0.4, 0.5) is 18.9 Å². The molecule has 0 aromatic heterocycles. The number of hydrogen-bond acceptors (Lipinski definition) is 4. The number of nitrogens with zero attached hydrogens (tertiary/aromatic N) is 2. The van der Waals surface area contributed by atoms with E-state index in [-0.39, 0.29) is 34.5 Å². The van der Waals surface area contributed by atoms with Crippen molar-refractivity contribution in [3.05, 3.63) is 128 Å². The molecule has 0 aliphatic carbocycles. The van der Waals surface area contributed by atoms with Gasteiger partial charge in [-0.1, -0.05) is 95.8 Å².